The number of pyridine rings is 2. The molecule has 2 rings (SSSR count). The third-order valence-electron chi connectivity index (χ3n) is 2.58. The smallest absolute Gasteiger partial charge is 0.341 e. The lowest BCUT2D eigenvalue weighted by Crippen LogP contribution is -2.22. The van der Waals surface area contributed by atoms with Gasteiger partial charge in [0.1, 0.15) is 11.0 Å². The number of aromatic nitrogens is 2. The summed E-state index contributed by atoms with van der Waals surface area (Å²) in [5, 5.41) is 2.59. The van der Waals surface area contributed by atoms with E-state index in [2.05, 4.69) is 15.3 Å². The van der Waals surface area contributed by atoms with Crippen LogP contribution in [0.25, 0.3) is 0 Å². The molecule has 2 aromatic heterocycles. The molecule has 0 atom stereocenters. The van der Waals surface area contributed by atoms with Crippen LogP contribution in [0.2, 0.25) is 5.15 Å². The van der Waals surface area contributed by atoms with Crippen molar-refractivity contribution in [1.82, 2.24) is 9.97 Å². The van der Waals surface area contributed by atoms with Crippen LogP contribution in [0.3, 0.4) is 0 Å². The van der Waals surface area contributed by atoms with Gasteiger partial charge in [-0.05, 0) is 30.7 Å². The number of carbonyl (C=O) groups excluding carboxylic acids is 2. The van der Waals surface area contributed by atoms with E-state index in [1.807, 2.05) is 13.0 Å². The van der Waals surface area contributed by atoms with Crippen molar-refractivity contribution in [2.24, 2.45) is 0 Å². The van der Waals surface area contributed by atoms with Gasteiger partial charge in [-0.2, -0.15) is 0 Å². The van der Waals surface area contributed by atoms with Gasteiger partial charge in [-0.25, -0.2) is 14.8 Å². The fourth-order valence-corrected chi connectivity index (χ4v) is 1.73. The maximum Gasteiger partial charge on any atom is 0.341 e. The second-order valence-corrected chi connectivity index (χ2v) is 4.49. The number of anilines is 1. The lowest BCUT2D eigenvalue weighted by molar-refractivity contribution is -0.119. The second kappa shape index (κ2) is 6.81. The Morgan fingerprint density at radius 1 is 1.24 bits per heavy atom. The molecule has 0 unspecified atom stereocenters. The van der Waals surface area contributed by atoms with Crippen molar-refractivity contribution in [3.8, 4) is 0 Å². The first kappa shape index (κ1) is 14.9. The van der Waals surface area contributed by atoms with Crippen molar-refractivity contribution in [2.45, 2.75) is 6.92 Å². The highest BCUT2D eigenvalue weighted by Gasteiger charge is 2.14. The Morgan fingerprint density at radius 3 is 2.67 bits per heavy atom. The van der Waals surface area contributed by atoms with E-state index in [0.29, 0.717) is 5.82 Å². The van der Waals surface area contributed by atoms with Gasteiger partial charge in [0, 0.05) is 12.4 Å². The molecular formula is C14H12ClN3O3. The van der Waals surface area contributed by atoms with Gasteiger partial charge in [0.15, 0.2) is 6.61 Å². The summed E-state index contributed by atoms with van der Waals surface area (Å²) in [6.45, 7) is 1.38. The average Bonchev–Trinajstić information content (AvgIpc) is 2.48. The zero-order chi connectivity index (χ0) is 15.2. The van der Waals surface area contributed by atoms with Crippen LogP contribution in [0.15, 0.2) is 36.7 Å². The van der Waals surface area contributed by atoms with Crippen LogP contribution in [0, 0.1) is 6.92 Å². The molecular weight excluding hydrogens is 294 g/mol. The van der Waals surface area contributed by atoms with Gasteiger partial charge in [-0.3, -0.25) is 4.79 Å². The van der Waals surface area contributed by atoms with Crippen LogP contribution in [0.4, 0.5) is 5.82 Å². The number of rotatable bonds is 4. The Labute approximate surface area is 126 Å². The van der Waals surface area contributed by atoms with Crippen LogP contribution in [-0.4, -0.2) is 28.5 Å². The molecule has 0 aliphatic carbocycles. The van der Waals surface area contributed by atoms with Gasteiger partial charge in [-0.15, -0.1) is 0 Å². The summed E-state index contributed by atoms with van der Waals surface area (Å²) in [5.74, 6) is -0.760. The number of carbonyl (C=O) groups is 2. The van der Waals surface area contributed by atoms with Gasteiger partial charge >= 0.3 is 5.97 Å². The Morgan fingerprint density at radius 2 is 1.95 bits per heavy atom. The van der Waals surface area contributed by atoms with E-state index in [1.165, 1.54) is 12.3 Å². The molecule has 0 radical (unpaired) electrons. The molecule has 108 valence electrons. The number of aryl methyl sites for hydroxylation is 1. The number of halogens is 1. The average molecular weight is 306 g/mol. The zero-order valence-electron chi connectivity index (χ0n) is 11.2. The third-order valence-corrected chi connectivity index (χ3v) is 2.88. The van der Waals surface area contributed by atoms with Crippen molar-refractivity contribution >= 4 is 29.3 Å². The van der Waals surface area contributed by atoms with E-state index in [9.17, 15) is 9.59 Å². The fourth-order valence-electron chi connectivity index (χ4n) is 1.53. The lowest BCUT2D eigenvalue weighted by atomic mass is 10.3. The van der Waals surface area contributed by atoms with Crippen LogP contribution < -0.4 is 5.32 Å². The minimum absolute atomic E-state index is 0.0310. The quantitative estimate of drug-likeness (QED) is 0.692. The molecule has 0 aromatic carbocycles. The summed E-state index contributed by atoms with van der Waals surface area (Å²) in [6, 6.07) is 6.59. The third kappa shape index (κ3) is 4.00. The summed E-state index contributed by atoms with van der Waals surface area (Å²) < 4.78 is 4.88. The molecule has 1 amide bonds. The number of hydrogen-bond acceptors (Lipinski definition) is 5. The SMILES string of the molecule is Cc1cccnc1NC(=O)COC(=O)c1cccnc1Cl. The summed E-state index contributed by atoms with van der Waals surface area (Å²) >= 11 is 5.76. The Balaban J connectivity index is 1.91. The highest BCUT2D eigenvalue weighted by molar-refractivity contribution is 6.32. The maximum atomic E-state index is 11.7. The largest absolute Gasteiger partial charge is 0.452 e. The molecule has 0 saturated carbocycles. The predicted octanol–water partition coefficient (Wildman–Crippen LogP) is 2.23. The van der Waals surface area contributed by atoms with E-state index in [0.717, 1.165) is 5.56 Å². The van der Waals surface area contributed by atoms with Crippen molar-refractivity contribution < 1.29 is 14.3 Å². The van der Waals surface area contributed by atoms with E-state index < -0.39 is 18.5 Å². The first-order valence-corrected chi connectivity index (χ1v) is 6.45. The molecule has 7 heteroatoms. The Kier molecular flexibility index (Phi) is 4.84. The molecule has 0 saturated heterocycles. The highest BCUT2D eigenvalue weighted by Crippen LogP contribution is 2.13. The van der Waals surface area contributed by atoms with E-state index in [1.54, 1.807) is 18.3 Å². The first-order chi connectivity index (χ1) is 10.1. The van der Waals surface area contributed by atoms with Crippen molar-refractivity contribution in [2.75, 3.05) is 11.9 Å². The monoisotopic (exact) mass is 305 g/mol. The molecule has 0 fully saturated rings. The number of nitrogens with one attached hydrogen (secondary N) is 1. The van der Waals surface area contributed by atoms with Gasteiger partial charge in [-0.1, -0.05) is 17.7 Å². The lowest BCUT2D eigenvalue weighted by Gasteiger charge is -2.08. The van der Waals surface area contributed by atoms with Gasteiger partial charge in [0.05, 0.1) is 5.56 Å². The summed E-state index contributed by atoms with van der Waals surface area (Å²) in [4.78, 5) is 31.2. The highest BCUT2D eigenvalue weighted by atomic mass is 35.5. The van der Waals surface area contributed by atoms with Gasteiger partial charge in [0.2, 0.25) is 0 Å². The second-order valence-electron chi connectivity index (χ2n) is 4.13. The standard InChI is InChI=1S/C14H12ClN3O3/c1-9-4-2-7-17-13(9)18-11(19)8-21-14(20)10-5-3-6-16-12(10)15/h2-7H,8H2,1H3,(H,17,18,19). The molecule has 2 heterocycles. The zero-order valence-corrected chi connectivity index (χ0v) is 11.9. The molecule has 1 N–H and O–H groups in total. The number of esters is 1. The minimum atomic E-state index is -0.707. The van der Waals surface area contributed by atoms with Crippen LogP contribution >= 0.6 is 11.6 Å². The topological polar surface area (TPSA) is 81.2 Å². The minimum Gasteiger partial charge on any atom is -0.452 e. The van der Waals surface area contributed by atoms with Crippen LogP contribution in [0.1, 0.15) is 15.9 Å². The normalized spacial score (nSPS) is 10.0. The first-order valence-electron chi connectivity index (χ1n) is 6.07. The van der Waals surface area contributed by atoms with Gasteiger partial charge < -0.3 is 10.1 Å². The van der Waals surface area contributed by atoms with Crippen molar-refractivity contribution in [3.63, 3.8) is 0 Å². The molecule has 0 aliphatic rings. The van der Waals surface area contributed by atoms with Crippen LogP contribution in [-0.2, 0) is 9.53 Å². The maximum absolute atomic E-state index is 11.7. The Hall–Kier alpha value is -2.47. The molecule has 21 heavy (non-hydrogen) atoms. The van der Waals surface area contributed by atoms with Crippen molar-refractivity contribution in [1.29, 1.82) is 0 Å². The van der Waals surface area contributed by atoms with Crippen LogP contribution in [0.5, 0.6) is 0 Å². The fraction of sp³-hybridized carbons (Fsp3) is 0.143. The van der Waals surface area contributed by atoms with E-state index >= 15 is 0 Å². The summed E-state index contributed by atoms with van der Waals surface area (Å²) in [5.41, 5.74) is 0.925. The molecule has 2 aromatic rings. The van der Waals surface area contributed by atoms with Gasteiger partial charge in [0.25, 0.3) is 5.91 Å². The predicted molar refractivity (Wildman–Crippen MR) is 77.1 cm³/mol. The number of nitrogens with zero attached hydrogens (tertiary/aromatic N) is 2. The van der Waals surface area contributed by atoms with Crippen molar-refractivity contribution in [3.05, 3.63) is 52.9 Å². The van der Waals surface area contributed by atoms with E-state index in [4.69, 9.17) is 16.3 Å². The van der Waals surface area contributed by atoms with E-state index in [-0.39, 0.29) is 10.7 Å². The number of ether oxygens (including phenoxy) is 1. The summed E-state index contributed by atoms with van der Waals surface area (Å²) in [6.07, 6.45) is 3.01. The molecule has 0 aliphatic heterocycles. The summed E-state index contributed by atoms with van der Waals surface area (Å²) in [7, 11) is 0. The number of hydrogen-bond donors (Lipinski definition) is 1. The Bertz CT molecular complexity index is 676. The molecule has 0 spiro atoms. The molecule has 6 nitrogen and oxygen atoms in total. The molecule has 0 bridgehead atoms. The number of amides is 1.